The molecule has 0 unspecified atom stereocenters. The highest BCUT2D eigenvalue weighted by Gasteiger charge is 2.36. The highest BCUT2D eigenvalue weighted by molar-refractivity contribution is 9.10. The maximum atomic E-state index is 13.0. The molecule has 0 saturated carbocycles. The smallest absolute Gasteiger partial charge is 0.416 e. The summed E-state index contributed by atoms with van der Waals surface area (Å²) in [7, 11) is 0. The number of imide groups is 1. The lowest BCUT2D eigenvalue weighted by atomic mass is 10.1. The number of nitrogens with one attached hydrogen (secondary N) is 1. The molecular weight excluding hydrogens is 631 g/mol. The molecule has 0 aromatic heterocycles. The van der Waals surface area contributed by atoms with Crippen LogP contribution in [0.25, 0.3) is 6.08 Å². The molecule has 3 amide bonds. The zero-order valence-corrected chi connectivity index (χ0v) is 23.6. The summed E-state index contributed by atoms with van der Waals surface area (Å²) in [5, 5.41) is 13.4. The zero-order valence-electron chi connectivity index (χ0n) is 21.2. The number of hydrogen-bond donors (Lipinski definition) is 1. The van der Waals surface area contributed by atoms with Crippen molar-refractivity contribution in [3.63, 3.8) is 0 Å². The van der Waals surface area contributed by atoms with Crippen LogP contribution < -0.4 is 10.1 Å². The molecule has 0 aliphatic carbocycles. The maximum Gasteiger partial charge on any atom is 0.416 e. The van der Waals surface area contributed by atoms with E-state index in [0.717, 1.165) is 22.1 Å². The van der Waals surface area contributed by atoms with Crippen molar-refractivity contribution in [1.82, 2.24) is 4.90 Å². The Bertz CT molecular complexity index is 1630. The number of anilines is 1. The number of halogens is 4. The van der Waals surface area contributed by atoms with Crippen LogP contribution in [0.2, 0.25) is 0 Å². The molecule has 1 N–H and O–H groups in total. The fraction of sp³-hybridized carbons (Fsp3) is 0.148. The molecule has 0 bridgehead atoms. The minimum atomic E-state index is -4.77. The Morgan fingerprint density at radius 2 is 1.80 bits per heavy atom. The number of nitro benzene ring substituents is 1. The van der Waals surface area contributed by atoms with E-state index in [1.54, 1.807) is 6.07 Å². The first-order valence-electron chi connectivity index (χ1n) is 11.7. The maximum absolute atomic E-state index is 13.0. The summed E-state index contributed by atoms with van der Waals surface area (Å²) >= 11 is 3.91. The van der Waals surface area contributed by atoms with Gasteiger partial charge in [0.25, 0.3) is 11.1 Å². The minimum absolute atomic E-state index is 0.0567. The van der Waals surface area contributed by atoms with Gasteiger partial charge in [0.15, 0.2) is 0 Å². The molecular formula is C27H19BrF3N3O6S. The lowest BCUT2D eigenvalue weighted by molar-refractivity contribution is -0.385. The fourth-order valence-electron chi connectivity index (χ4n) is 3.81. The van der Waals surface area contributed by atoms with Crippen molar-refractivity contribution in [3.05, 3.63) is 96.3 Å². The summed E-state index contributed by atoms with van der Waals surface area (Å²) in [5.74, 6) is -1.55. The van der Waals surface area contributed by atoms with E-state index in [-0.39, 0.29) is 15.1 Å². The number of carbonyl (C=O) groups excluding carboxylic acids is 3. The molecule has 1 fully saturated rings. The second-order valence-corrected chi connectivity index (χ2v) is 10.7. The van der Waals surface area contributed by atoms with Crippen molar-refractivity contribution < 1.29 is 37.2 Å². The van der Waals surface area contributed by atoms with E-state index < -0.39 is 51.7 Å². The monoisotopic (exact) mass is 649 g/mol. The first kappa shape index (κ1) is 29.8. The minimum Gasteiger partial charge on any atom is -0.449 e. The number of aryl methyl sites for hydroxylation is 2. The van der Waals surface area contributed by atoms with E-state index in [2.05, 4.69) is 21.2 Å². The average molecular weight is 650 g/mol. The third kappa shape index (κ3) is 6.95. The van der Waals surface area contributed by atoms with Crippen molar-refractivity contribution >= 4 is 62.2 Å². The predicted octanol–water partition coefficient (Wildman–Crippen LogP) is 7.46. The number of thioether (sulfide) groups is 1. The summed E-state index contributed by atoms with van der Waals surface area (Å²) < 4.78 is 44.7. The fourth-order valence-corrected chi connectivity index (χ4v) is 5.12. The highest BCUT2D eigenvalue weighted by Crippen LogP contribution is 2.40. The Morgan fingerprint density at radius 3 is 2.44 bits per heavy atom. The highest BCUT2D eigenvalue weighted by atomic mass is 79.9. The summed E-state index contributed by atoms with van der Waals surface area (Å²) in [6.45, 7) is 3.26. The Balaban J connectivity index is 1.48. The Kier molecular flexibility index (Phi) is 8.54. The normalized spacial score (nSPS) is 14.5. The van der Waals surface area contributed by atoms with Gasteiger partial charge in [0, 0.05) is 11.8 Å². The molecule has 3 aromatic rings. The second kappa shape index (κ2) is 11.7. The summed E-state index contributed by atoms with van der Waals surface area (Å²) in [6.07, 6.45) is -3.35. The lowest BCUT2D eigenvalue weighted by Gasteiger charge is -2.14. The number of benzene rings is 3. The molecule has 41 heavy (non-hydrogen) atoms. The molecule has 3 aromatic carbocycles. The van der Waals surface area contributed by atoms with Crippen LogP contribution in [0, 0.1) is 24.0 Å². The Hall–Kier alpha value is -4.17. The molecule has 212 valence electrons. The third-order valence-electron chi connectivity index (χ3n) is 5.79. The summed E-state index contributed by atoms with van der Waals surface area (Å²) in [4.78, 5) is 49.1. The van der Waals surface area contributed by atoms with Gasteiger partial charge in [-0.05, 0) is 89.1 Å². The van der Waals surface area contributed by atoms with Crippen molar-refractivity contribution in [2.24, 2.45) is 0 Å². The molecule has 0 spiro atoms. The molecule has 14 heteroatoms. The van der Waals surface area contributed by atoms with Gasteiger partial charge in [0.1, 0.15) is 12.3 Å². The van der Waals surface area contributed by atoms with Crippen molar-refractivity contribution in [2.75, 3.05) is 11.9 Å². The first-order valence-corrected chi connectivity index (χ1v) is 13.3. The summed E-state index contributed by atoms with van der Waals surface area (Å²) in [5.41, 5.74) is 0.795. The van der Waals surface area contributed by atoms with Gasteiger partial charge in [0.2, 0.25) is 11.7 Å². The van der Waals surface area contributed by atoms with Gasteiger partial charge in [-0.15, -0.1) is 0 Å². The molecule has 0 atom stereocenters. The largest absolute Gasteiger partial charge is 0.449 e. The van der Waals surface area contributed by atoms with E-state index in [9.17, 15) is 37.7 Å². The van der Waals surface area contributed by atoms with Crippen LogP contribution in [-0.2, 0) is 15.8 Å². The standard InChI is InChI=1S/C27H19BrF3N3O6S/c1-14-3-6-19(15(2)9-14)32-24(35)13-33-25(36)23(41-26(33)37)11-16-4-7-21(18(28)10-16)40-22-8-5-17(27(29,30)31)12-20(22)34(38)39/h3-12H,13H2,1-2H3,(H,32,35)/b23-11+. The Labute approximate surface area is 243 Å². The topological polar surface area (TPSA) is 119 Å². The van der Waals surface area contributed by atoms with Crippen LogP contribution in [0.4, 0.5) is 29.3 Å². The van der Waals surface area contributed by atoms with Gasteiger partial charge in [-0.3, -0.25) is 29.4 Å². The van der Waals surface area contributed by atoms with Crippen LogP contribution >= 0.6 is 27.7 Å². The molecule has 1 aliphatic rings. The van der Waals surface area contributed by atoms with Crippen LogP contribution in [0.1, 0.15) is 22.3 Å². The molecule has 9 nitrogen and oxygen atoms in total. The van der Waals surface area contributed by atoms with Gasteiger partial charge >= 0.3 is 11.9 Å². The van der Waals surface area contributed by atoms with Gasteiger partial charge < -0.3 is 10.1 Å². The quantitative estimate of drug-likeness (QED) is 0.160. The van der Waals surface area contributed by atoms with Crippen molar-refractivity contribution in [3.8, 4) is 11.5 Å². The van der Waals surface area contributed by atoms with Gasteiger partial charge in [-0.25, -0.2) is 0 Å². The van der Waals surface area contributed by atoms with E-state index >= 15 is 0 Å². The number of amides is 3. The van der Waals surface area contributed by atoms with Gasteiger partial charge in [-0.1, -0.05) is 23.8 Å². The van der Waals surface area contributed by atoms with Crippen molar-refractivity contribution in [1.29, 1.82) is 0 Å². The molecule has 1 heterocycles. The SMILES string of the molecule is Cc1ccc(NC(=O)CN2C(=O)S/C(=C/c3ccc(Oc4ccc(C(F)(F)F)cc4[N+](=O)[O-])c(Br)c3)C2=O)c(C)c1. The number of carbonyl (C=O) groups is 3. The van der Waals surface area contributed by atoms with E-state index in [1.807, 2.05) is 26.0 Å². The third-order valence-corrected chi connectivity index (χ3v) is 7.31. The molecule has 4 rings (SSSR count). The van der Waals surface area contributed by atoms with E-state index in [0.29, 0.717) is 35.1 Å². The zero-order chi connectivity index (χ0) is 30.1. The second-order valence-electron chi connectivity index (χ2n) is 8.86. The van der Waals surface area contributed by atoms with Crippen LogP contribution in [0.3, 0.4) is 0 Å². The molecule has 0 radical (unpaired) electrons. The van der Waals surface area contributed by atoms with E-state index in [1.165, 1.54) is 24.3 Å². The number of alkyl halides is 3. The number of nitrogens with zero attached hydrogens (tertiary/aromatic N) is 2. The van der Waals surface area contributed by atoms with Gasteiger partial charge in [0.05, 0.1) is 19.9 Å². The number of hydrogen-bond acceptors (Lipinski definition) is 7. The van der Waals surface area contributed by atoms with Crippen molar-refractivity contribution in [2.45, 2.75) is 20.0 Å². The number of nitro groups is 1. The lowest BCUT2D eigenvalue weighted by Crippen LogP contribution is -2.36. The van der Waals surface area contributed by atoms with E-state index in [4.69, 9.17) is 4.74 Å². The number of rotatable bonds is 7. The summed E-state index contributed by atoms with van der Waals surface area (Å²) in [6, 6.07) is 11.7. The first-order chi connectivity index (χ1) is 19.2. The average Bonchev–Trinajstić information content (AvgIpc) is 3.14. The Morgan fingerprint density at radius 1 is 1.10 bits per heavy atom. The van der Waals surface area contributed by atoms with Crippen LogP contribution in [0.15, 0.2) is 64.0 Å². The molecule has 1 aliphatic heterocycles. The number of ether oxygens (including phenoxy) is 1. The van der Waals surface area contributed by atoms with Crippen LogP contribution in [0.5, 0.6) is 11.5 Å². The van der Waals surface area contributed by atoms with Gasteiger partial charge in [-0.2, -0.15) is 13.2 Å². The van der Waals surface area contributed by atoms with Crippen LogP contribution in [-0.4, -0.2) is 33.4 Å². The molecule has 1 saturated heterocycles. The predicted molar refractivity (Wildman–Crippen MR) is 150 cm³/mol.